The van der Waals surface area contributed by atoms with Crippen molar-refractivity contribution in [2.45, 2.75) is 77.9 Å². The van der Waals surface area contributed by atoms with E-state index >= 15 is 0 Å². The average molecular weight is 602 g/mol. The molecule has 0 spiro atoms. The van der Waals surface area contributed by atoms with Crippen molar-refractivity contribution in [2.75, 3.05) is 31.1 Å². The van der Waals surface area contributed by atoms with Crippen LogP contribution in [0.2, 0.25) is 23.2 Å². The summed E-state index contributed by atoms with van der Waals surface area (Å²) in [6.07, 6.45) is 1.59. The van der Waals surface area contributed by atoms with E-state index in [1.807, 2.05) is 39.1 Å². The zero-order valence-electron chi connectivity index (χ0n) is 24.8. The molecule has 5 rings (SSSR count). The number of hydrogen-bond donors (Lipinski definition) is 0. The highest BCUT2D eigenvalue weighted by Crippen LogP contribution is 2.47. The van der Waals surface area contributed by atoms with Gasteiger partial charge in [-0.3, -0.25) is 4.98 Å². The standard InChI is InChI=1S/C30H40ClN3O4SSi/c1-29(2,3)38-28(35)33-16-20(17-33)34-11-12-36-25-14-19(31)13-23(26(25)34)22-9-10-32-24-15-21(39-27(22)24)18-37-40(7,8)30(4,5)6/h9-10,13-15,20H,11-12,16-18H2,1-8H3. The summed E-state index contributed by atoms with van der Waals surface area (Å²) >= 11 is 8.36. The van der Waals surface area contributed by atoms with Crippen LogP contribution in [0, 0.1) is 0 Å². The first-order valence-electron chi connectivity index (χ1n) is 13.9. The van der Waals surface area contributed by atoms with Crippen LogP contribution in [0.25, 0.3) is 21.3 Å². The fourth-order valence-electron chi connectivity index (χ4n) is 4.78. The normalized spacial score (nSPS) is 16.5. The molecule has 216 valence electrons. The van der Waals surface area contributed by atoms with Crippen molar-refractivity contribution in [1.82, 2.24) is 9.88 Å². The number of benzene rings is 1. The number of carbonyl (C=O) groups excluding carboxylic acids is 1. The number of likely N-dealkylation sites (tertiary alicyclic amines) is 1. The Morgan fingerprint density at radius 3 is 2.55 bits per heavy atom. The first-order valence-corrected chi connectivity index (χ1v) is 18.0. The fraction of sp³-hybridized carbons (Fsp3) is 0.533. The van der Waals surface area contributed by atoms with E-state index < -0.39 is 13.9 Å². The second kappa shape index (κ2) is 10.5. The Hall–Kier alpha value is -2.33. The molecule has 4 heterocycles. The van der Waals surface area contributed by atoms with Gasteiger partial charge in [0.2, 0.25) is 0 Å². The van der Waals surface area contributed by atoms with Gasteiger partial charge < -0.3 is 23.7 Å². The number of ether oxygens (including phenoxy) is 2. The van der Waals surface area contributed by atoms with Gasteiger partial charge in [-0.15, -0.1) is 11.3 Å². The van der Waals surface area contributed by atoms with E-state index in [4.69, 9.17) is 25.5 Å². The Balaban J connectivity index is 1.46. The SMILES string of the molecule is CC(C)(C)OC(=O)N1CC(N2CCOc3cc(Cl)cc(-c4ccnc5cc(CO[Si](C)(C)C(C)(C)C)sc45)c32)C1. The molecule has 0 saturated carbocycles. The minimum atomic E-state index is -1.88. The lowest BCUT2D eigenvalue weighted by Gasteiger charge is -2.48. The number of rotatable bonds is 5. The molecule has 0 aliphatic carbocycles. The Kier molecular flexibility index (Phi) is 7.65. The predicted molar refractivity (Wildman–Crippen MR) is 166 cm³/mol. The number of hydrogen-bond acceptors (Lipinski definition) is 7. The highest BCUT2D eigenvalue weighted by molar-refractivity contribution is 7.19. The summed E-state index contributed by atoms with van der Waals surface area (Å²) in [6, 6.07) is 8.29. The van der Waals surface area contributed by atoms with Crippen LogP contribution in [0.3, 0.4) is 0 Å². The van der Waals surface area contributed by atoms with E-state index in [0.717, 1.165) is 44.2 Å². The Morgan fingerprint density at radius 1 is 1.15 bits per heavy atom. The van der Waals surface area contributed by atoms with E-state index in [2.05, 4.69) is 55.9 Å². The van der Waals surface area contributed by atoms with Crippen LogP contribution in [-0.2, 0) is 15.8 Å². The molecular formula is C30H40ClN3O4SSi. The second-order valence-corrected chi connectivity index (χ2v) is 19.6. The molecule has 0 unspecified atom stereocenters. The molecule has 0 bridgehead atoms. The van der Waals surface area contributed by atoms with Crippen LogP contribution in [0.5, 0.6) is 5.75 Å². The van der Waals surface area contributed by atoms with Gasteiger partial charge in [-0.05, 0) is 57.1 Å². The quantitative estimate of drug-likeness (QED) is 0.276. The summed E-state index contributed by atoms with van der Waals surface area (Å²) in [5.41, 5.74) is 3.55. The number of pyridine rings is 1. The Labute approximate surface area is 247 Å². The summed E-state index contributed by atoms with van der Waals surface area (Å²) in [6.45, 7) is 20.1. The Bertz CT molecular complexity index is 1420. The molecule has 10 heteroatoms. The van der Waals surface area contributed by atoms with Crippen molar-refractivity contribution >= 4 is 53.3 Å². The van der Waals surface area contributed by atoms with Crippen molar-refractivity contribution in [2.24, 2.45) is 0 Å². The van der Waals surface area contributed by atoms with Crippen molar-refractivity contribution < 1.29 is 18.7 Å². The van der Waals surface area contributed by atoms with Crippen molar-refractivity contribution in [1.29, 1.82) is 0 Å². The summed E-state index contributed by atoms with van der Waals surface area (Å²) in [5.74, 6) is 0.771. The molecule has 2 aliphatic rings. The van der Waals surface area contributed by atoms with Gasteiger partial charge in [0.1, 0.15) is 18.0 Å². The zero-order valence-corrected chi connectivity index (χ0v) is 27.3. The fourth-order valence-corrected chi connectivity index (χ4v) is 7.10. The van der Waals surface area contributed by atoms with Crippen LogP contribution < -0.4 is 9.64 Å². The van der Waals surface area contributed by atoms with Crippen LogP contribution in [0.15, 0.2) is 30.5 Å². The molecule has 40 heavy (non-hydrogen) atoms. The zero-order chi connectivity index (χ0) is 29.0. The van der Waals surface area contributed by atoms with Gasteiger partial charge in [-0.2, -0.15) is 0 Å². The number of carbonyl (C=O) groups is 1. The summed E-state index contributed by atoms with van der Waals surface area (Å²) in [4.78, 5) is 22.6. The molecule has 0 atom stereocenters. The van der Waals surface area contributed by atoms with Gasteiger partial charge in [-0.1, -0.05) is 32.4 Å². The largest absolute Gasteiger partial charge is 0.489 e. The van der Waals surface area contributed by atoms with Gasteiger partial charge in [0, 0.05) is 46.4 Å². The van der Waals surface area contributed by atoms with E-state index in [0.29, 0.717) is 31.3 Å². The number of nitrogens with zero attached hydrogens (tertiary/aromatic N) is 3. The molecule has 0 radical (unpaired) electrons. The molecule has 1 amide bonds. The third kappa shape index (κ3) is 5.84. The van der Waals surface area contributed by atoms with E-state index in [1.165, 1.54) is 0 Å². The molecule has 0 N–H and O–H groups in total. The lowest BCUT2D eigenvalue weighted by Crippen LogP contribution is -2.63. The van der Waals surface area contributed by atoms with E-state index in [9.17, 15) is 4.79 Å². The van der Waals surface area contributed by atoms with Crippen LogP contribution in [0.4, 0.5) is 10.5 Å². The lowest BCUT2D eigenvalue weighted by molar-refractivity contribution is 0.00772. The first-order chi connectivity index (χ1) is 18.6. The maximum atomic E-state index is 12.6. The van der Waals surface area contributed by atoms with Crippen LogP contribution >= 0.6 is 22.9 Å². The predicted octanol–water partition coefficient (Wildman–Crippen LogP) is 7.96. The minimum Gasteiger partial charge on any atom is -0.489 e. The molecule has 2 aromatic heterocycles. The monoisotopic (exact) mass is 601 g/mol. The average Bonchev–Trinajstić information content (AvgIpc) is 3.23. The number of anilines is 1. The summed E-state index contributed by atoms with van der Waals surface area (Å²) in [7, 11) is -1.88. The van der Waals surface area contributed by atoms with E-state index in [-0.39, 0.29) is 17.2 Å². The topological polar surface area (TPSA) is 64.1 Å². The highest BCUT2D eigenvalue weighted by Gasteiger charge is 2.40. The van der Waals surface area contributed by atoms with Gasteiger partial charge in [0.15, 0.2) is 8.32 Å². The molecule has 1 fully saturated rings. The van der Waals surface area contributed by atoms with Crippen LogP contribution in [0.1, 0.15) is 46.4 Å². The molecule has 1 saturated heterocycles. The third-order valence-electron chi connectivity index (χ3n) is 8.01. The summed E-state index contributed by atoms with van der Waals surface area (Å²) in [5, 5.41) is 0.777. The van der Waals surface area contributed by atoms with Crippen molar-refractivity contribution in [3.8, 4) is 16.9 Å². The third-order valence-corrected chi connectivity index (χ3v) is 13.8. The maximum absolute atomic E-state index is 12.6. The van der Waals surface area contributed by atoms with Crippen molar-refractivity contribution in [3.05, 3.63) is 40.4 Å². The number of thiophene rings is 1. The van der Waals surface area contributed by atoms with Gasteiger partial charge in [-0.25, -0.2) is 4.79 Å². The van der Waals surface area contributed by atoms with E-state index in [1.54, 1.807) is 16.2 Å². The lowest BCUT2D eigenvalue weighted by atomic mass is 9.98. The number of aromatic nitrogens is 1. The summed E-state index contributed by atoms with van der Waals surface area (Å²) < 4.78 is 19.3. The molecule has 7 nitrogen and oxygen atoms in total. The first kappa shape index (κ1) is 29.2. The van der Waals surface area contributed by atoms with Gasteiger partial charge in [0.25, 0.3) is 0 Å². The smallest absolute Gasteiger partial charge is 0.410 e. The number of fused-ring (bicyclic) bond motifs is 2. The number of amides is 1. The van der Waals surface area contributed by atoms with Gasteiger partial charge in [0.05, 0.1) is 35.1 Å². The van der Waals surface area contributed by atoms with Crippen LogP contribution in [-0.4, -0.2) is 62.2 Å². The molecular weight excluding hydrogens is 562 g/mol. The molecule has 3 aromatic rings. The maximum Gasteiger partial charge on any atom is 0.410 e. The molecule has 1 aromatic carbocycles. The molecule has 2 aliphatic heterocycles. The van der Waals surface area contributed by atoms with Crippen molar-refractivity contribution in [3.63, 3.8) is 0 Å². The van der Waals surface area contributed by atoms with Gasteiger partial charge >= 0.3 is 6.09 Å². The number of halogens is 1. The second-order valence-electron chi connectivity index (χ2n) is 13.2. The highest BCUT2D eigenvalue weighted by atomic mass is 35.5. The Morgan fingerprint density at radius 2 is 1.88 bits per heavy atom. The minimum absolute atomic E-state index is 0.150.